The zero-order valence-electron chi connectivity index (χ0n) is 16.5. The van der Waals surface area contributed by atoms with Gasteiger partial charge in [-0.1, -0.05) is 0 Å². The van der Waals surface area contributed by atoms with Crippen molar-refractivity contribution in [3.8, 4) is 0 Å². The van der Waals surface area contributed by atoms with Gasteiger partial charge in [-0.2, -0.15) is 5.10 Å². The van der Waals surface area contributed by atoms with Crippen molar-refractivity contribution in [2.45, 2.75) is 6.92 Å². The number of anilines is 2. The van der Waals surface area contributed by atoms with Crippen LogP contribution >= 0.6 is 11.3 Å². The lowest BCUT2D eigenvalue weighted by atomic mass is 10.1. The number of aromatic nitrogens is 2. The fraction of sp³-hybridized carbons (Fsp3) is 0.316. The van der Waals surface area contributed by atoms with Gasteiger partial charge in [-0.3, -0.25) is 4.79 Å². The molecule has 3 rings (SSSR count). The van der Waals surface area contributed by atoms with E-state index in [1.807, 2.05) is 57.0 Å². The zero-order valence-corrected chi connectivity index (χ0v) is 17.3. The van der Waals surface area contributed by atoms with E-state index < -0.39 is 0 Å². The molecule has 0 saturated heterocycles. The SMILES string of the molecule is Cc1cc(NCCN(C)C)nc2sc(C(=O)N/N=C/c3cccn3C)c(N)c12. The molecular formula is C19H25N7OS. The van der Waals surface area contributed by atoms with Crippen LogP contribution in [-0.4, -0.2) is 53.8 Å². The summed E-state index contributed by atoms with van der Waals surface area (Å²) in [6.07, 6.45) is 3.50. The summed E-state index contributed by atoms with van der Waals surface area (Å²) in [7, 11) is 5.95. The molecule has 0 bridgehead atoms. The third-order valence-electron chi connectivity index (χ3n) is 4.31. The molecule has 0 spiro atoms. The zero-order chi connectivity index (χ0) is 20.3. The lowest BCUT2D eigenvalue weighted by molar-refractivity contribution is 0.0960. The molecule has 8 nitrogen and oxygen atoms in total. The number of aryl methyl sites for hydroxylation is 2. The van der Waals surface area contributed by atoms with Crippen molar-refractivity contribution in [2.75, 3.05) is 38.2 Å². The number of carbonyl (C=O) groups excluding carboxylic acids is 1. The Morgan fingerprint density at radius 1 is 1.46 bits per heavy atom. The molecule has 0 atom stereocenters. The van der Waals surface area contributed by atoms with E-state index in [1.165, 1.54) is 11.3 Å². The first-order chi connectivity index (χ1) is 13.4. The minimum absolute atomic E-state index is 0.340. The largest absolute Gasteiger partial charge is 0.397 e. The van der Waals surface area contributed by atoms with Gasteiger partial charge < -0.3 is 20.5 Å². The summed E-state index contributed by atoms with van der Waals surface area (Å²) in [6.45, 7) is 3.66. The van der Waals surface area contributed by atoms with Crippen LogP contribution in [0.3, 0.4) is 0 Å². The Hall–Kier alpha value is -2.91. The Labute approximate surface area is 168 Å². The maximum absolute atomic E-state index is 12.5. The Bertz CT molecular complexity index is 1020. The van der Waals surface area contributed by atoms with E-state index in [4.69, 9.17) is 5.73 Å². The summed E-state index contributed by atoms with van der Waals surface area (Å²) in [5.41, 5.74) is 11.1. The average Bonchev–Trinajstić information content (AvgIpc) is 3.18. The van der Waals surface area contributed by atoms with E-state index in [0.29, 0.717) is 10.6 Å². The molecule has 0 unspecified atom stereocenters. The van der Waals surface area contributed by atoms with E-state index >= 15 is 0 Å². The molecule has 28 heavy (non-hydrogen) atoms. The van der Waals surface area contributed by atoms with Crippen LogP contribution in [-0.2, 0) is 7.05 Å². The lowest BCUT2D eigenvalue weighted by Crippen LogP contribution is -2.21. The van der Waals surface area contributed by atoms with Gasteiger partial charge in [-0.25, -0.2) is 10.4 Å². The molecule has 3 heterocycles. The number of nitrogens with zero attached hydrogens (tertiary/aromatic N) is 4. The first-order valence-electron chi connectivity index (χ1n) is 8.89. The molecule has 0 aromatic carbocycles. The van der Waals surface area contributed by atoms with Crippen LogP contribution in [0.5, 0.6) is 0 Å². The van der Waals surface area contributed by atoms with Crippen molar-refractivity contribution in [1.29, 1.82) is 0 Å². The minimum Gasteiger partial charge on any atom is -0.397 e. The van der Waals surface area contributed by atoms with Gasteiger partial charge in [-0.05, 0) is 44.8 Å². The number of nitrogens with one attached hydrogen (secondary N) is 2. The first kappa shape index (κ1) is 19.8. The number of fused-ring (bicyclic) bond motifs is 1. The summed E-state index contributed by atoms with van der Waals surface area (Å²) >= 11 is 1.27. The number of hydrogen-bond donors (Lipinski definition) is 3. The van der Waals surface area contributed by atoms with E-state index in [0.717, 1.165) is 40.4 Å². The van der Waals surface area contributed by atoms with Crippen LogP contribution in [0, 0.1) is 6.92 Å². The third kappa shape index (κ3) is 4.32. The first-order valence-corrected chi connectivity index (χ1v) is 9.71. The molecule has 0 radical (unpaired) electrons. The molecule has 4 N–H and O–H groups in total. The van der Waals surface area contributed by atoms with Gasteiger partial charge in [-0.15, -0.1) is 11.3 Å². The van der Waals surface area contributed by atoms with Crippen molar-refractivity contribution in [2.24, 2.45) is 12.1 Å². The van der Waals surface area contributed by atoms with E-state index in [9.17, 15) is 4.79 Å². The van der Waals surface area contributed by atoms with Gasteiger partial charge in [0, 0.05) is 31.7 Å². The average molecular weight is 400 g/mol. The predicted molar refractivity (Wildman–Crippen MR) is 116 cm³/mol. The van der Waals surface area contributed by atoms with Gasteiger partial charge >= 0.3 is 0 Å². The Morgan fingerprint density at radius 3 is 2.93 bits per heavy atom. The lowest BCUT2D eigenvalue weighted by Gasteiger charge is -2.11. The summed E-state index contributed by atoms with van der Waals surface area (Å²) in [5, 5.41) is 8.16. The van der Waals surface area contributed by atoms with Crippen LogP contribution in [0.4, 0.5) is 11.5 Å². The second kappa shape index (κ2) is 8.41. The standard InChI is InChI=1S/C19H25N7OS/c1-12-10-14(21-7-9-25(2)3)23-19-15(12)16(20)17(28-19)18(27)24-22-11-13-6-5-8-26(13)4/h5-6,8,10-11H,7,9,20H2,1-4H3,(H,21,23)(H,24,27)/b22-11+. The molecule has 1 amide bonds. The van der Waals surface area contributed by atoms with Crippen LogP contribution in [0.25, 0.3) is 10.2 Å². The predicted octanol–water partition coefficient (Wildman–Crippen LogP) is 2.26. The van der Waals surface area contributed by atoms with Crippen molar-refractivity contribution < 1.29 is 4.79 Å². The number of nitrogen functional groups attached to an aromatic ring is 1. The van der Waals surface area contributed by atoms with Gasteiger partial charge in [0.1, 0.15) is 15.5 Å². The molecule has 9 heteroatoms. The monoisotopic (exact) mass is 399 g/mol. The number of rotatable bonds is 7. The maximum Gasteiger partial charge on any atom is 0.283 e. The van der Waals surface area contributed by atoms with E-state index in [2.05, 4.69) is 25.7 Å². The van der Waals surface area contributed by atoms with Crippen LogP contribution in [0.1, 0.15) is 20.9 Å². The number of thiophene rings is 1. The maximum atomic E-state index is 12.5. The highest BCUT2D eigenvalue weighted by Gasteiger charge is 2.19. The molecule has 0 fully saturated rings. The van der Waals surface area contributed by atoms with Gasteiger partial charge in [0.05, 0.1) is 17.6 Å². The molecule has 0 saturated carbocycles. The normalized spacial score (nSPS) is 11.6. The number of carbonyl (C=O) groups is 1. The molecule has 148 valence electrons. The summed E-state index contributed by atoms with van der Waals surface area (Å²) in [4.78, 5) is 20.4. The Balaban J connectivity index is 1.78. The molecular weight excluding hydrogens is 374 g/mol. The smallest absolute Gasteiger partial charge is 0.283 e. The summed E-state index contributed by atoms with van der Waals surface area (Å²) in [6, 6.07) is 5.77. The fourth-order valence-corrected chi connectivity index (χ4v) is 3.85. The highest BCUT2D eigenvalue weighted by molar-refractivity contribution is 7.21. The van der Waals surface area contributed by atoms with Crippen LogP contribution in [0.2, 0.25) is 0 Å². The van der Waals surface area contributed by atoms with Gasteiger partial charge in [0.2, 0.25) is 0 Å². The van der Waals surface area contributed by atoms with E-state index in [-0.39, 0.29) is 5.91 Å². The molecule has 3 aromatic heterocycles. The number of nitrogens with two attached hydrogens (primary N) is 1. The molecule has 3 aromatic rings. The highest BCUT2D eigenvalue weighted by Crippen LogP contribution is 2.35. The minimum atomic E-state index is -0.340. The number of pyridine rings is 1. The Morgan fingerprint density at radius 2 is 2.25 bits per heavy atom. The van der Waals surface area contributed by atoms with E-state index in [1.54, 1.807) is 6.21 Å². The van der Waals surface area contributed by atoms with Crippen molar-refractivity contribution >= 4 is 45.2 Å². The van der Waals surface area contributed by atoms with Crippen LogP contribution in [0.15, 0.2) is 29.5 Å². The third-order valence-corrected chi connectivity index (χ3v) is 5.41. The fourth-order valence-electron chi connectivity index (χ4n) is 2.79. The van der Waals surface area contributed by atoms with Crippen molar-refractivity contribution in [3.63, 3.8) is 0 Å². The van der Waals surface area contributed by atoms with Gasteiger partial charge in [0.15, 0.2) is 0 Å². The van der Waals surface area contributed by atoms with Crippen LogP contribution < -0.4 is 16.5 Å². The quantitative estimate of drug-likeness (QED) is 0.418. The molecule has 0 aliphatic heterocycles. The number of amides is 1. The molecule has 0 aliphatic rings. The van der Waals surface area contributed by atoms with Crippen molar-refractivity contribution in [3.05, 3.63) is 40.5 Å². The number of hydrazone groups is 1. The highest BCUT2D eigenvalue weighted by atomic mass is 32.1. The second-order valence-electron chi connectivity index (χ2n) is 6.82. The Kier molecular flexibility index (Phi) is 5.96. The van der Waals surface area contributed by atoms with Crippen molar-refractivity contribution in [1.82, 2.24) is 19.9 Å². The molecule has 0 aliphatic carbocycles. The summed E-state index contributed by atoms with van der Waals surface area (Å²) < 4.78 is 1.90. The topological polar surface area (TPSA) is 101 Å². The number of hydrogen-bond acceptors (Lipinski definition) is 7. The number of likely N-dealkylation sites (N-methyl/N-ethyl adjacent to an activating group) is 1. The second-order valence-corrected chi connectivity index (χ2v) is 7.82. The summed E-state index contributed by atoms with van der Waals surface area (Å²) in [5.74, 6) is 0.439. The van der Waals surface area contributed by atoms with Gasteiger partial charge in [0.25, 0.3) is 5.91 Å².